The molecular weight excluding hydrogens is 779 g/mol. The Kier molecular flexibility index (Phi) is 9.17. The largest absolute Gasteiger partial charge is 0.478 e. The second-order valence-electron chi connectivity index (χ2n) is 6.00. The van der Waals surface area contributed by atoms with Crippen molar-refractivity contribution < 1.29 is 54.6 Å². The zero-order valence-corrected chi connectivity index (χ0v) is 21.8. The number of aliphatic hydroxyl groups is 4. The number of aliphatic hydroxyl groups excluding tert-OH is 2. The Balaban J connectivity index is 4.22. The van der Waals surface area contributed by atoms with Gasteiger partial charge in [-0.1, -0.05) is 0 Å². The van der Waals surface area contributed by atoms with Crippen LogP contribution < -0.4 is 11.5 Å². The summed E-state index contributed by atoms with van der Waals surface area (Å²) in [5.41, 5.74) is 0.852. The molecule has 1 rings (SSSR count). The smallest absolute Gasteiger partial charge is 0.337 e. The van der Waals surface area contributed by atoms with Crippen LogP contribution in [0, 0.1) is 10.7 Å². The van der Waals surface area contributed by atoms with E-state index in [2.05, 4.69) is 0 Å². The number of aromatic carboxylic acids is 2. The first-order chi connectivity index (χ1) is 14.5. The number of rotatable bonds is 9. The first-order valence-electron chi connectivity index (χ1n) is 7.82. The Hall–Kier alpha value is -1.40. The third-order valence-corrected chi connectivity index (χ3v) is 7.37. The molecule has 0 heterocycles. The van der Waals surface area contributed by atoms with Gasteiger partial charge in [0.05, 0.1) is 16.7 Å². The molecule has 0 aliphatic rings. The molecule has 0 saturated heterocycles. The van der Waals surface area contributed by atoms with Crippen LogP contribution in [-0.4, -0.2) is 89.9 Å². The number of benzene rings is 1. The Bertz CT molecular complexity index is 965. The van der Waals surface area contributed by atoms with E-state index in [1.807, 2.05) is 0 Å². The van der Waals surface area contributed by atoms with Crippen molar-refractivity contribution in [3.05, 3.63) is 27.4 Å². The summed E-state index contributed by atoms with van der Waals surface area (Å²) in [6.45, 7) is -3.39. The lowest BCUT2D eigenvalue weighted by atomic mass is 9.99. The van der Waals surface area contributed by atoms with Crippen LogP contribution in [0.5, 0.6) is 0 Å². The van der Waals surface area contributed by atoms with E-state index in [0.717, 1.165) is 0 Å². The highest BCUT2D eigenvalue weighted by molar-refractivity contribution is 14.1. The average Bonchev–Trinajstić information content (AvgIpc) is 2.66. The molecule has 2 atom stereocenters. The topological polar surface area (TPSA) is 262 Å². The van der Waals surface area contributed by atoms with Gasteiger partial charge in [0.2, 0.25) is 11.4 Å². The molecule has 0 aliphatic carbocycles. The molecule has 0 aromatic heterocycles. The van der Waals surface area contributed by atoms with Gasteiger partial charge in [-0.05, 0) is 67.8 Å². The van der Waals surface area contributed by atoms with Crippen molar-refractivity contribution in [3.8, 4) is 0 Å². The highest BCUT2D eigenvalue weighted by Gasteiger charge is 2.57. The van der Waals surface area contributed by atoms with Gasteiger partial charge in [0.25, 0.3) is 17.7 Å². The van der Waals surface area contributed by atoms with E-state index in [0.29, 0.717) is 0 Å². The molecule has 1 aromatic carbocycles. The lowest BCUT2D eigenvalue weighted by Gasteiger charge is -2.44. The van der Waals surface area contributed by atoms with Crippen LogP contribution in [0.4, 0.5) is 0 Å². The summed E-state index contributed by atoms with van der Waals surface area (Å²) in [7, 11) is 0. The summed E-state index contributed by atoms with van der Waals surface area (Å²) in [6, 6.07) is 0. The number of carbonyl (C=O) groups is 5. The number of hydrogen-bond donors (Lipinski definition) is 8. The fourth-order valence-electron chi connectivity index (χ4n) is 2.50. The molecule has 17 heteroatoms. The first kappa shape index (κ1) is 28.6. The molecule has 0 fully saturated rings. The molecule has 1 aromatic rings. The Labute approximate surface area is 219 Å². The SMILES string of the molecule is NC(=O)C(O)(CO)N(C(=O)c1c(I)c(C(=O)O)c(I)c(C(=O)O)c1I)C(O)(CO)C(N)=O. The number of carboxylic acids is 2. The molecule has 0 aliphatic heterocycles. The van der Waals surface area contributed by atoms with Crippen molar-refractivity contribution in [2.75, 3.05) is 13.2 Å². The van der Waals surface area contributed by atoms with Gasteiger partial charge in [-0.25, -0.2) is 9.59 Å². The number of hydrogen-bond acceptors (Lipinski definition) is 9. The molecule has 0 spiro atoms. The van der Waals surface area contributed by atoms with Gasteiger partial charge in [0.15, 0.2) is 0 Å². The zero-order chi connectivity index (χ0) is 25.3. The van der Waals surface area contributed by atoms with Gasteiger partial charge in [-0.2, -0.15) is 0 Å². The lowest BCUT2D eigenvalue weighted by Crippen LogP contribution is -2.74. The van der Waals surface area contributed by atoms with Gasteiger partial charge in [-0.15, -0.1) is 0 Å². The lowest BCUT2D eigenvalue weighted by molar-refractivity contribution is -0.221. The van der Waals surface area contributed by atoms with Crippen LogP contribution in [0.3, 0.4) is 0 Å². The van der Waals surface area contributed by atoms with E-state index in [1.54, 1.807) is 0 Å². The van der Waals surface area contributed by atoms with Crippen molar-refractivity contribution in [2.45, 2.75) is 11.4 Å². The van der Waals surface area contributed by atoms with Gasteiger partial charge >= 0.3 is 11.9 Å². The van der Waals surface area contributed by atoms with Crippen LogP contribution in [0.1, 0.15) is 31.1 Å². The monoisotopic (exact) mass is 793 g/mol. The minimum absolute atomic E-state index is 0.279. The normalized spacial score (nSPS) is 14.7. The summed E-state index contributed by atoms with van der Waals surface area (Å²) >= 11 is 4.14. The van der Waals surface area contributed by atoms with E-state index >= 15 is 0 Å². The molecule has 0 bridgehead atoms. The van der Waals surface area contributed by atoms with Gasteiger partial charge in [0.1, 0.15) is 13.2 Å². The number of carbonyl (C=O) groups excluding carboxylic acids is 3. The van der Waals surface area contributed by atoms with E-state index in [1.165, 1.54) is 67.8 Å². The Morgan fingerprint density at radius 1 is 0.719 bits per heavy atom. The summed E-state index contributed by atoms with van der Waals surface area (Å²) < 4.78 is -1.11. The number of halogens is 3. The number of nitrogens with zero attached hydrogens (tertiary/aromatic N) is 1. The molecule has 32 heavy (non-hydrogen) atoms. The molecule has 176 valence electrons. The minimum atomic E-state index is -3.54. The van der Waals surface area contributed by atoms with E-state index < -0.39 is 83.1 Å². The molecule has 3 amide bonds. The molecule has 2 unspecified atom stereocenters. The van der Waals surface area contributed by atoms with Crippen LogP contribution >= 0.6 is 67.8 Å². The maximum atomic E-state index is 13.4. The van der Waals surface area contributed by atoms with Crippen molar-refractivity contribution in [3.63, 3.8) is 0 Å². The predicted molar refractivity (Wildman–Crippen MR) is 127 cm³/mol. The van der Waals surface area contributed by atoms with E-state index in [9.17, 15) is 54.6 Å². The van der Waals surface area contributed by atoms with Crippen molar-refractivity contribution in [1.29, 1.82) is 0 Å². The quantitative estimate of drug-likeness (QED) is 0.0972. The summed E-state index contributed by atoms with van der Waals surface area (Å²) in [5.74, 6) is -8.79. The third kappa shape index (κ3) is 4.63. The maximum absolute atomic E-state index is 13.4. The van der Waals surface area contributed by atoms with Gasteiger partial charge < -0.3 is 42.1 Å². The molecule has 0 saturated carbocycles. The second-order valence-corrected chi connectivity index (χ2v) is 9.23. The minimum Gasteiger partial charge on any atom is -0.478 e. The summed E-state index contributed by atoms with van der Waals surface area (Å²) in [6.07, 6.45) is 0. The summed E-state index contributed by atoms with van der Waals surface area (Å²) in [5, 5.41) is 59.3. The van der Waals surface area contributed by atoms with E-state index in [-0.39, 0.29) is 3.57 Å². The fourth-order valence-corrected chi connectivity index (χ4v) is 7.05. The average molecular weight is 793 g/mol. The number of primary amides is 2. The van der Waals surface area contributed by atoms with Crippen molar-refractivity contribution in [1.82, 2.24) is 4.90 Å². The number of amides is 3. The Morgan fingerprint density at radius 3 is 1.22 bits per heavy atom. The molecule has 10 N–H and O–H groups in total. The van der Waals surface area contributed by atoms with E-state index in [4.69, 9.17) is 11.5 Å². The van der Waals surface area contributed by atoms with Gasteiger partial charge in [0, 0.05) is 10.7 Å². The van der Waals surface area contributed by atoms with Gasteiger partial charge in [-0.3, -0.25) is 19.3 Å². The van der Waals surface area contributed by atoms with Crippen LogP contribution in [0.15, 0.2) is 0 Å². The maximum Gasteiger partial charge on any atom is 0.337 e. The summed E-state index contributed by atoms with van der Waals surface area (Å²) in [4.78, 5) is 60.2. The van der Waals surface area contributed by atoms with Crippen LogP contribution in [0.25, 0.3) is 0 Å². The first-order valence-corrected chi connectivity index (χ1v) is 11.1. The zero-order valence-electron chi connectivity index (χ0n) is 15.4. The number of nitrogens with two attached hydrogens (primary N) is 2. The standard InChI is InChI=1S/C15H14I3N3O11/c16-6-3(7(17)5(11(27)28)8(18)4(6)10(25)26)9(24)21(14(31,1-22)12(19)29)15(32,2-23)13(20)30/h22-23,31-32H,1-2H2,(H2,19,29)(H2,20,30)(H,25,26)(H,27,28). The predicted octanol–water partition coefficient (Wildman–Crippen LogP) is -2.33. The highest BCUT2D eigenvalue weighted by Crippen LogP contribution is 2.35. The molecule has 0 radical (unpaired) electrons. The third-order valence-electron chi connectivity index (χ3n) is 4.13. The van der Waals surface area contributed by atoms with Crippen LogP contribution in [0.2, 0.25) is 0 Å². The number of carboxylic acid groups (broad SMARTS) is 2. The van der Waals surface area contributed by atoms with Crippen LogP contribution in [-0.2, 0) is 9.59 Å². The Morgan fingerprint density at radius 2 is 1.00 bits per heavy atom. The second kappa shape index (κ2) is 10.3. The molecular formula is C15H14I3N3O11. The fraction of sp³-hybridized carbons (Fsp3) is 0.267. The highest BCUT2D eigenvalue weighted by atomic mass is 127. The van der Waals surface area contributed by atoms with Crippen molar-refractivity contribution in [2.24, 2.45) is 11.5 Å². The molecule has 14 nitrogen and oxygen atoms in total. The van der Waals surface area contributed by atoms with Crippen molar-refractivity contribution >= 4 is 97.4 Å².